The SMILES string of the molecule is Cc1cc([N+](=O)[O-])c(Cl)cc1NC1CCCc2occc21. The number of nitro groups is 1. The van der Waals surface area contributed by atoms with Gasteiger partial charge in [-0.1, -0.05) is 11.6 Å². The number of nitrogens with zero attached hydrogens (tertiary/aromatic N) is 1. The van der Waals surface area contributed by atoms with E-state index in [4.69, 9.17) is 16.0 Å². The van der Waals surface area contributed by atoms with Crippen LogP contribution in [0.3, 0.4) is 0 Å². The van der Waals surface area contributed by atoms with Gasteiger partial charge < -0.3 is 9.73 Å². The average molecular weight is 307 g/mol. The van der Waals surface area contributed by atoms with Gasteiger partial charge in [0.05, 0.1) is 17.2 Å². The molecule has 0 saturated carbocycles. The van der Waals surface area contributed by atoms with E-state index in [2.05, 4.69) is 5.32 Å². The van der Waals surface area contributed by atoms with E-state index >= 15 is 0 Å². The minimum absolute atomic E-state index is 0.0626. The first kappa shape index (κ1) is 13.9. The van der Waals surface area contributed by atoms with Crippen molar-refractivity contribution in [2.75, 3.05) is 5.32 Å². The van der Waals surface area contributed by atoms with Crippen LogP contribution in [0.2, 0.25) is 5.02 Å². The van der Waals surface area contributed by atoms with Gasteiger partial charge in [0.1, 0.15) is 10.8 Å². The molecule has 0 fully saturated rings. The second kappa shape index (κ2) is 5.41. The van der Waals surface area contributed by atoms with Crippen molar-refractivity contribution in [3.63, 3.8) is 0 Å². The van der Waals surface area contributed by atoms with Crippen LogP contribution in [0.15, 0.2) is 28.9 Å². The molecular weight excluding hydrogens is 292 g/mol. The summed E-state index contributed by atoms with van der Waals surface area (Å²) >= 11 is 5.99. The molecule has 1 heterocycles. The van der Waals surface area contributed by atoms with E-state index in [1.807, 2.05) is 13.0 Å². The Labute approximate surface area is 127 Å². The summed E-state index contributed by atoms with van der Waals surface area (Å²) in [4.78, 5) is 10.4. The van der Waals surface area contributed by atoms with Gasteiger partial charge in [0.15, 0.2) is 0 Å². The van der Waals surface area contributed by atoms with Gasteiger partial charge in [-0.25, -0.2) is 0 Å². The summed E-state index contributed by atoms with van der Waals surface area (Å²) < 4.78 is 5.47. The normalized spacial score (nSPS) is 17.3. The maximum absolute atomic E-state index is 10.9. The summed E-state index contributed by atoms with van der Waals surface area (Å²) in [6, 6.07) is 5.27. The van der Waals surface area contributed by atoms with Crippen LogP contribution < -0.4 is 5.32 Å². The standard InChI is InChI=1S/C15H15ClN2O3/c1-9-7-14(18(19)20)11(16)8-13(9)17-12-3-2-4-15-10(12)5-6-21-15/h5-8,12,17H,2-4H2,1H3. The molecule has 1 aromatic carbocycles. The lowest BCUT2D eigenvalue weighted by Gasteiger charge is -2.24. The molecule has 0 saturated heterocycles. The quantitative estimate of drug-likeness (QED) is 0.662. The topological polar surface area (TPSA) is 68.3 Å². The molecule has 21 heavy (non-hydrogen) atoms. The van der Waals surface area contributed by atoms with Gasteiger partial charge in [-0.2, -0.15) is 0 Å². The smallest absolute Gasteiger partial charge is 0.288 e. The Morgan fingerprint density at radius 2 is 2.29 bits per heavy atom. The van der Waals surface area contributed by atoms with Crippen molar-refractivity contribution in [1.82, 2.24) is 0 Å². The van der Waals surface area contributed by atoms with E-state index in [1.165, 1.54) is 6.07 Å². The first-order valence-corrected chi connectivity index (χ1v) is 7.21. The number of benzene rings is 1. The number of halogens is 1. The molecule has 1 N–H and O–H groups in total. The fraction of sp³-hybridized carbons (Fsp3) is 0.333. The molecule has 1 aromatic heterocycles. The fourth-order valence-electron chi connectivity index (χ4n) is 2.79. The molecule has 5 nitrogen and oxygen atoms in total. The zero-order valence-corrected chi connectivity index (χ0v) is 12.3. The molecule has 110 valence electrons. The maximum atomic E-state index is 10.9. The molecule has 3 rings (SSSR count). The Hall–Kier alpha value is -2.01. The van der Waals surface area contributed by atoms with Gasteiger partial charge in [-0.15, -0.1) is 0 Å². The van der Waals surface area contributed by atoms with Crippen molar-refractivity contribution in [2.24, 2.45) is 0 Å². The zero-order chi connectivity index (χ0) is 15.0. The monoisotopic (exact) mass is 306 g/mol. The van der Waals surface area contributed by atoms with Crippen molar-refractivity contribution in [3.05, 3.63) is 56.5 Å². The average Bonchev–Trinajstić information content (AvgIpc) is 2.91. The molecule has 0 amide bonds. The molecule has 1 unspecified atom stereocenters. The Kier molecular flexibility index (Phi) is 3.59. The van der Waals surface area contributed by atoms with Crippen molar-refractivity contribution in [1.29, 1.82) is 0 Å². The van der Waals surface area contributed by atoms with Crippen LogP contribution >= 0.6 is 11.6 Å². The Morgan fingerprint density at radius 3 is 3.05 bits per heavy atom. The number of nitrogens with one attached hydrogen (secondary N) is 1. The summed E-state index contributed by atoms with van der Waals surface area (Å²) in [5, 5.41) is 14.5. The van der Waals surface area contributed by atoms with E-state index in [0.29, 0.717) is 0 Å². The first-order chi connectivity index (χ1) is 10.1. The van der Waals surface area contributed by atoms with Gasteiger partial charge >= 0.3 is 0 Å². The number of fused-ring (bicyclic) bond motifs is 1. The predicted octanol–water partition coefficient (Wildman–Crippen LogP) is 4.64. The van der Waals surface area contributed by atoms with Crippen molar-refractivity contribution in [3.8, 4) is 0 Å². The number of hydrogen-bond donors (Lipinski definition) is 1. The summed E-state index contributed by atoms with van der Waals surface area (Å²) in [5.74, 6) is 1.02. The predicted molar refractivity (Wildman–Crippen MR) is 80.9 cm³/mol. The highest BCUT2D eigenvalue weighted by atomic mass is 35.5. The Morgan fingerprint density at radius 1 is 1.48 bits per heavy atom. The second-order valence-corrected chi connectivity index (χ2v) is 5.67. The largest absolute Gasteiger partial charge is 0.469 e. The summed E-state index contributed by atoms with van der Waals surface area (Å²) in [5.41, 5.74) is 2.73. The van der Waals surface area contributed by atoms with Gasteiger partial charge in [0.25, 0.3) is 5.69 Å². The lowest BCUT2D eigenvalue weighted by atomic mass is 9.93. The van der Waals surface area contributed by atoms with Crippen LogP contribution in [-0.2, 0) is 6.42 Å². The molecule has 0 radical (unpaired) electrons. The number of anilines is 1. The van der Waals surface area contributed by atoms with Gasteiger partial charge in [0, 0.05) is 23.7 Å². The van der Waals surface area contributed by atoms with Crippen LogP contribution in [0, 0.1) is 17.0 Å². The molecule has 1 aliphatic carbocycles. The molecule has 0 spiro atoms. The van der Waals surface area contributed by atoms with E-state index < -0.39 is 4.92 Å². The van der Waals surface area contributed by atoms with Crippen LogP contribution in [0.4, 0.5) is 11.4 Å². The highest BCUT2D eigenvalue weighted by Gasteiger charge is 2.24. The number of hydrogen-bond acceptors (Lipinski definition) is 4. The summed E-state index contributed by atoms with van der Waals surface area (Å²) in [6.45, 7) is 1.84. The third kappa shape index (κ3) is 2.61. The third-order valence-electron chi connectivity index (χ3n) is 3.87. The van der Waals surface area contributed by atoms with Crippen molar-refractivity contribution < 1.29 is 9.34 Å². The third-order valence-corrected chi connectivity index (χ3v) is 4.17. The van der Waals surface area contributed by atoms with Crippen LogP contribution in [0.25, 0.3) is 0 Å². The molecule has 6 heteroatoms. The van der Waals surface area contributed by atoms with E-state index in [0.717, 1.165) is 41.8 Å². The molecule has 2 aromatic rings. The number of furan rings is 1. The number of aryl methyl sites for hydroxylation is 2. The highest BCUT2D eigenvalue weighted by Crippen LogP contribution is 2.36. The molecule has 1 atom stereocenters. The minimum atomic E-state index is -0.464. The second-order valence-electron chi connectivity index (χ2n) is 5.26. The van der Waals surface area contributed by atoms with Crippen molar-refractivity contribution in [2.45, 2.75) is 32.2 Å². The van der Waals surface area contributed by atoms with Crippen LogP contribution in [0.1, 0.15) is 35.8 Å². The summed E-state index contributed by atoms with van der Waals surface area (Å²) in [6.07, 6.45) is 4.72. The van der Waals surface area contributed by atoms with Crippen LogP contribution in [-0.4, -0.2) is 4.92 Å². The lowest BCUT2D eigenvalue weighted by Crippen LogP contribution is -2.16. The first-order valence-electron chi connectivity index (χ1n) is 6.83. The van der Waals surface area contributed by atoms with E-state index in [1.54, 1.807) is 12.3 Å². The Bertz CT molecular complexity index is 696. The van der Waals surface area contributed by atoms with Gasteiger partial charge in [-0.05, 0) is 37.5 Å². The molecular formula is C15H15ClN2O3. The highest BCUT2D eigenvalue weighted by molar-refractivity contribution is 6.33. The summed E-state index contributed by atoms with van der Waals surface area (Å²) in [7, 11) is 0. The zero-order valence-electron chi connectivity index (χ0n) is 11.6. The van der Waals surface area contributed by atoms with Crippen LogP contribution in [0.5, 0.6) is 0 Å². The Balaban J connectivity index is 1.90. The lowest BCUT2D eigenvalue weighted by molar-refractivity contribution is -0.384. The number of nitro benzene ring substituents is 1. The van der Waals surface area contributed by atoms with Crippen molar-refractivity contribution >= 4 is 23.0 Å². The minimum Gasteiger partial charge on any atom is -0.469 e. The number of rotatable bonds is 3. The maximum Gasteiger partial charge on any atom is 0.288 e. The van der Waals surface area contributed by atoms with Gasteiger partial charge in [0.2, 0.25) is 0 Å². The molecule has 1 aliphatic rings. The van der Waals surface area contributed by atoms with Gasteiger partial charge in [-0.3, -0.25) is 10.1 Å². The van der Waals surface area contributed by atoms with E-state index in [-0.39, 0.29) is 16.8 Å². The fourth-order valence-corrected chi connectivity index (χ4v) is 3.02. The molecule has 0 bridgehead atoms. The molecule has 0 aliphatic heterocycles. The van der Waals surface area contributed by atoms with E-state index in [9.17, 15) is 10.1 Å².